The summed E-state index contributed by atoms with van der Waals surface area (Å²) in [6.07, 6.45) is 0. The first-order chi connectivity index (χ1) is 12.7. The van der Waals surface area contributed by atoms with Crippen LogP contribution >= 0.6 is 11.8 Å². The number of hydrogen-bond donors (Lipinski definition) is 0. The summed E-state index contributed by atoms with van der Waals surface area (Å²) in [6, 6.07) is 22.1. The SMILES string of the molecule is O=C1[C@H]2[C@H](C(=O)N1c1ccccc1)[C@H]1S[C@H]2c2cc3ccccc3cc21. The third-order valence-electron chi connectivity index (χ3n) is 5.92. The predicted molar refractivity (Wildman–Crippen MR) is 103 cm³/mol. The number of amides is 2. The van der Waals surface area contributed by atoms with Crippen LogP contribution in [0.2, 0.25) is 0 Å². The zero-order valence-electron chi connectivity index (χ0n) is 13.8. The van der Waals surface area contributed by atoms with Gasteiger partial charge in [0.1, 0.15) is 0 Å². The normalized spacial score (nSPS) is 28.7. The number of anilines is 1. The second-order valence-electron chi connectivity index (χ2n) is 7.20. The van der Waals surface area contributed by atoms with Crippen LogP contribution < -0.4 is 4.90 Å². The maximum Gasteiger partial charge on any atom is 0.239 e. The van der Waals surface area contributed by atoms with Crippen molar-refractivity contribution in [1.29, 1.82) is 0 Å². The predicted octanol–water partition coefficient (Wildman–Crippen LogP) is 4.49. The first-order valence-electron chi connectivity index (χ1n) is 8.85. The fourth-order valence-corrected chi connectivity index (χ4v) is 6.74. The molecule has 4 heteroatoms. The van der Waals surface area contributed by atoms with Gasteiger partial charge in [-0.1, -0.05) is 42.5 Å². The van der Waals surface area contributed by atoms with Crippen LogP contribution in [0.4, 0.5) is 5.69 Å². The molecule has 2 saturated heterocycles. The molecule has 6 rings (SSSR count). The number of fused-ring (bicyclic) bond motifs is 9. The summed E-state index contributed by atoms with van der Waals surface area (Å²) < 4.78 is 0. The van der Waals surface area contributed by atoms with E-state index in [1.54, 1.807) is 11.8 Å². The summed E-state index contributed by atoms with van der Waals surface area (Å²) in [5.41, 5.74) is 3.18. The molecule has 0 aromatic heterocycles. The molecule has 0 radical (unpaired) electrons. The molecule has 3 aliphatic rings. The highest BCUT2D eigenvalue weighted by Crippen LogP contribution is 2.69. The van der Waals surface area contributed by atoms with Gasteiger partial charge in [-0.25, -0.2) is 4.90 Å². The Morgan fingerprint density at radius 2 is 1.19 bits per heavy atom. The van der Waals surface area contributed by atoms with E-state index in [-0.39, 0.29) is 34.2 Å². The van der Waals surface area contributed by atoms with Gasteiger partial charge < -0.3 is 0 Å². The van der Waals surface area contributed by atoms with Crippen LogP contribution in [0.3, 0.4) is 0 Å². The van der Waals surface area contributed by atoms with Gasteiger partial charge in [0.2, 0.25) is 11.8 Å². The molecule has 0 aliphatic carbocycles. The molecule has 2 fully saturated rings. The zero-order valence-corrected chi connectivity index (χ0v) is 14.6. The van der Waals surface area contributed by atoms with Crippen molar-refractivity contribution < 1.29 is 9.59 Å². The van der Waals surface area contributed by atoms with Crippen molar-refractivity contribution in [2.75, 3.05) is 4.90 Å². The lowest BCUT2D eigenvalue weighted by Gasteiger charge is -2.22. The van der Waals surface area contributed by atoms with Crippen molar-refractivity contribution in [3.05, 3.63) is 77.9 Å². The minimum absolute atomic E-state index is 0.0370. The van der Waals surface area contributed by atoms with Crippen LogP contribution in [0.25, 0.3) is 10.8 Å². The Balaban J connectivity index is 1.49. The summed E-state index contributed by atoms with van der Waals surface area (Å²) in [6.45, 7) is 0. The van der Waals surface area contributed by atoms with Crippen molar-refractivity contribution in [2.24, 2.45) is 11.8 Å². The highest BCUT2D eigenvalue weighted by Gasteiger charge is 2.63. The number of para-hydroxylation sites is 1. The lowest BCUT2D eigenvalue weighted by molar-refractivity contribution is -0.122. The van der Waals surface area contributed by atoms with Crippen LogP contribution in [-0.2, 0) is 9.59 Å². The van der Waals surface area contributed by atoms with Crippen molar-refractivity contribution in [1.82, 2.24) is 0 Å². The summed E-state index contributed by atoms with van der Waals surface area (Å²) in [5, 5.41) is 2.59. The fraction of sp³-hybridized carbons (Fsp3) is 0.182. The van der Waals surface area contributed by atoms with Crippen molar-refractivity contribution >= 4 is 40.0 Å². The summed E-state index contributed by atoms with van der Waals surface area (Å²) >= 11 is 1.80. The molecule has 0 N–H and O–H groups in total. The van der Waals surface area contributed by atoms with Crippen molar-refractivity contribution in [3.63, 3.8) is 0 Å². The zero-order chi connectivity index (χ0) is 17.4. The summed E-state index contributed by atoms with van der Waals surface area (Å²) in [4.78, 5) is 27.7. The van der Waals surface area contributed by atoms with E-state index in [1.807, 2.05) is 42.5 Å². The number of carbonyl (C=O) groups is 2. The smallest absolute Gasteiger partial charge is 0.239 e. The van der Waals surface area contributed by atoms with Gasteiger partial charge in [0.15, 0.2) is 0 Å². The Kier molecular flexibility index (Phi) is 2.79. The number of thioether (sulfide) groups is 1. The molecule has 0 unspecified atom stereocenters. The Morgan fingerprint density at radius 3 is 1.73 bits per heavy atom. The van der Waals surface area contributed by atoms with Gasteiger partial charge in [-0.2, -0.15) is 0 Å². The molecule has 3 aromatic carbocycles. The maximum absolute atomic E-state index is 13.2. The average molecular weight is 357 g/mol. The van der Waals surface area contributed by atoms with E-state index >= 15 is 0 Å². The summed E-state index contributed by atoms with van der Waals surface area (Å²) in [5.74, 6) is -0.534. The van der Waals surface area contributed by atoms with Gasteiger partial charge in [0, 0.05) is 10.5 Å². The number of rotatable bonds is 1. The largest absolute Gasteiger partial charge is 0.274 e. The first-order valence-corrected chi connectivity index (χ1v) is 9.79. The Hall–Kier alpha value is -2.59. The molecule has 2 bridgehead atoms. The van der Waals surface area contributed by atoms with Crippen molar-refractivity contribution in [3.8, 4) is 0 Å². The minimum Gasteiger partial charge on any atom is -0.274 e. The number of benzene rings is 3. The second-order valence-corrected chi connectivity index (χ2v) is 8.49. The van der Waals surface area contributed by atoms with E-state index in [0.717, 1.165) is 0 Å². The molecule has 0 spiro atoms. The molecule has 3 heterocycles. The topological polar surface area (TPSA) is 37.4 Å². The molecule has 0 saturated carbocycles. The number of imide groups is 1. The van der Waals surface area contributed by atoms with Crippen LogP contribution in [0, 0.1) is 11.8 Å². The van der Waals surface area contributed by atoms with Gasteiger partial charge in [-0.05, 0) is 46.2 Å². The summed E-state index contributed by atoms with van der Waals surface area (Å²) in [7, 11) is 0. The second kappa shape index (κ2) is 4.98. The molecule has 3 aliphatic heterocycles. The monoisotopic (exact) mass is 357 g/mol. The number of nitrogens with zero attached hydrogens (tertiary/aromatic N) is 1. The molecular formula is C22H15NO2S. The molecule has 126 valence electrons. The Bertz CT molecular complexity index is 1030. The van der Waals surface area contributed by atoms with E-state index < -0.39 is 0 Å². The Morgan fingerprint density at radius 1 is 0.692 bits per heavy atom. The van der Waals surface area contributed by atoms with E-state index in [2.05, 4.69) is 24.3 Å². The molecule has 3 aromatic rings. The minimum atomic E-state index is -0.230. The van der Waals surface area contributed by atoms with E-state index in [4.69, 9.17) is 0 Å². The first kappa shape index (κ1) is 14.6. The van der Waals surface area contributed by atoms with Crippen LogP contribution in [-0.4, -0.2) is 11.8 Å². The van der Waals surface area contributed by atoms with Gasteiger partial charge in [-0.3, -0.25) is 9.59 Å². The van der Waals surface area contributed by atoms with E-state index in [0.29, 0.717) is 5.69 Å². The Labute approximate surface area is 155 Å². The average Bonchev–Trinajstić information content (AvgIpc) is 3.31. The van der Waals surface area contributed by atoms with Crippen LogP contribution in [0.15, 0.2) is 66.7 Å². The number of carbonyl (C=O) groups excluding carboxylic acids is 2. The van der Waals surface area contributed by atoms with Gasteiger partial charge >= 0.3 is 0 Å². The quantitative estimate of drug-likeness (QED) is 0.602. The highest BCUT2D eigenvalue weighted by molar-refractivity contribution is 8.00. The van der Waals surface area contributed by atoms with E-state index in [9.17, 15) is 9.59 Å². The number of hydrogen-bond acceptors (Lipinski definition) is 3. The molecule has 2 amide bonds. The third-order valence-corrected chi connectivity index (χ3v) is 7.60. The van der Waals surface area contributed by atoms with Crippen molar-refractivity contribution in [2.45, 2.75) is 10.5 Å². The molecule has 26 heavy (non-hydrogen) atoms. The van der Waals surface area contributed by atoms with Gasteiger partial charge in [0.25, 0.3) is 0 Å². The van der Waals surface area contributed by atoms with Gasteiger partial charge in [-0.15, -0.1) is 11.8 Å². The van der Waals surface area contributed by atoms with E-state index in [1.165, 1.54) is 26.8 Å². The standard InChI is InChI=1S/C22H15NO2S/c24-21-17-18(22(25)23(21)14-8-2-1-3-9-14)20-16-11-13-7-5-4-6-12(13)10-15(16)19(17)26-20/h1-11,17-20H/t17-,18-,19-,20-/m0/s1. The fourth-order valence-electron chi connectivity index (χ4n) is 4.81. The van der Waals surface area contributed by atoms with Gasteiger partial charge in [0.05, 0.1) is 17.5 Å². The third kappa shape index (κ3) is 1.70. The lowest BCUT2D eigenvalue weighted by Crippen LogP contribution is -2.31. The molecule has 3 nitrogen and oxygen atoms in total. The van der Waals surface area contributed by atoms with Crippen LogP contribution in [0.1, 0.15) is 21.6 Å². The highest BCUT2D eigenvalue weighted by atomic mass is 32.2. The molecular weight excluding hydrogens is 342 g/mol. The molecule has 4 atom stereocenters. The maximum atomic E-state index is 13.2. The lowest BCUT2D eigenvalue weighted by atomic mass is 9.76. The van der Waals surface area contributed by atoms with Crippen LogP contribution in [0.5, 0.6) is 0 Å².